The maximum atomic E-state index is 7.21. The van der Waals surface area contributed by atoms with E-state index < -0.39 is 0 Å². The number of anilines is 2. The third-order valence-corrected chi connectivity index (χ3v) is 7.11. The number of piperidine rings is 1. The first-order valence-electron chi connectivity index (χ1n) is 12.4. The van der Waals surface area contributed by atoms with Gasteiger partial charge in [0.15, 0.2) is 0 Å². The summed E-state index contributed by atoms with van der Waals surface area (Å²) in [7, 11) is 0. The van der Waals surface area contributed by atoms with Crippen molar-refractivity contribution in [3.05, 3.63) is 59.9 Å². The van der Waals surface area contributed by atoms with Crippen LogP contribution >= 0.6 is 0 Å². The molecule has 3 heterocycles. The molecule has 0 radical (unpaired) electrons. The number of benzene rings is 1. The lowest BCUT2D eigenvalue weighted by Crippen LogP contribution is -2.35. The van der Waals surface area contributed by atoms with Gasteiger partial charge in [-0.1, -0.05) is 31.4 Å². The molecule has 0 amide bonds. The van der Waals surface area contributed by atoms with Gasteiger partial charge in [0.05, 0.1) is 5.39 Å². The van der Waals surface area contributed by atoms with Gasteiger partial charge in [-0.15, -0.1) is 4.95 Å². The van der Waals surface area contributed by atoms with Crippen molar-refractivity contribution in [3.63, 3.8) is 0 Å². The molecule has 176 valence electrons. The number of hydrogen-bond acceptors (Lipinski definition) is 4. The lowest BCUT2D eigenvalue weighted by molar-refractivity contribution is 0.357. The molecule has 1 aliphatic carbocycles. The number of hydrogen-bond donors (Lipinski definition) is 3. The summed E-state index contributed by atoms with van der Waals surface area (Å²) >= 11 is 0. The fourth-order valence-corrected chi connectivity index (χ4v) is 5.35. The van der Waals surface area contributed by atoms with Crippen molar-refractivity contribution in [2.45, 2.75) is 50.9 Å². The van der Waals surface area contributed by atoms with E-state index in [1.54, 1.807) is 6.33 Å². The molecule has 2 aliphatic rings. The highest BCUT2D eigenvalue weighted by Crippen LogP contribution is 2.32. The van der Waals surface area contributed by atoms with Gasteiger partial charge in [-0.3, -0.25) is 0 Å². The lowest BCUT2D eigenvalue weighted by atomic mass is 9.89. The van der Waals surface area contributed by atoms with Crippen LogP contribution in [0.25, 0.3) is 16.0 Å². The second kappa shape index (κ2) is 10.6. The number of fused-ring (bicyclic) bond motifs is 1. The molecule has 0 bridgehead atoms. The zero-order valence-electron chi connectivity index (χ0n) is 19.5. The van der Waals surface area contributed by atoms with Crippen LogP contribution in [0.15, 0.2) is 48.0 Å². The molecular formula is C26H32N8. The molecule has 8 heteroatoms. The van der Waals surface area contributed by atoms with Gasteiger partial charge in [0.1, 0.15) is 22.9 Å². The van der Waals surface area contributed by atoms with Gasteiger partial charge in [-0.2, -0.15) is 6.57 Å². The molecule has 8 nitrogen and oxygen atoms in total. The summed E-state index contributed by atoms with van der Waals surface area (Å²) in [6, 6.07) is 10.6. The summed E-state index contributed by atoms with van der Waals surface area (Å²) in [6.07, 6.45) is 12.3. The Kier molecular flexibility index (Phi) is 6.89. The van der Waals surface area contributed by atoms with E-state index in [0.29, 0.717) is 17.8 Å². The predicted octanol–water partition coefficient (Wildman–Crippen LogP) is 5.11. The third kappa shape index (κ3) is 5.14. The summed E-state index contributed by atoms with van der Waals surface area (Å²) in [5, 5.41) is 11.8. The van der Waals surface area contributed by atoms with Crippen LogP contribution < -0.4 is 15.5 Å². The lowest BCUT2D eigenvalue weighted by Gasteiger charge is -2.34. The van der Waals surface area contributed by atoms with Crippen LogP contribution in [0.2, 0.25) is 0 Å². The Labute approximate surface area is 200 Å². The first-order valence-corrected chi connectivity index (χ1v) is 12.4. The van der Waals surface area contributed by atoms with E-state index in [-0.39, 0.29) is 0 Å². The van der Waals surface area contributed by atoms with Crippen molar-refractivity contribution in [1.82, 2.24) is 20.3 Å². The molecule has 5 rings (SSSR count). The molecule has 1 aromatic carbocycles. The third-order valence-electron chi connectivity index (χ3n) is 7.11. The highest BCUT2D eigenvalue weighted by molar-refractivity contribution is 5.94. The minimum Gasteiger partial charge on any atom is -0.355 e. The number of nitrogens with zero attached hydrogens (tertiary/aromatic N) is 5. The Morgan fingerprint density at radius 1 is 1.15 bits per heavy atom. The molecule has 2 aromatic heterocycles. The van der Waals surface area contributed by atoms with E-state index in [1.165, 1.54) is 37.7 Å². The van der Waals surface area contributed by atoms with Crippen LogP contribution in [0, 0.1) is 12.5 Å². The van der Waals surface area contributed by atoms with Crippen LogP contribution in [-0.4, -0.2) is 40.5 Å². The Bertz CT molecular complexity index is 1170. The summed E-state index contributed by atoms with van der Waals surface area (Å²) in [4.78, 5) is 17.8. The number of guanidine groups is 1. The van der Waals surface area contributed by atoms with E-state index in [0.717, 1.165) is 55.0 Å². The first kappa shape index (κ1) is 22.2. The van der Waals surface area contributed by atoms with E-state index in [1.807, 2.05) is 12.3 Å². The highest BCUT2D eigenvalue weighted by atomic mass is 15.3. The van der Waals surface area contributed by atoms with Crippen molar-refractivity contribution >= 4 is 28.5 Å². The zero-order valence-corrected chi connectivity index (χ0v) is 19.5. The molecular weight excluding hydrogens is 424 g/mol. The number of H-pyrrole nitrogens is 1. The van der Waals surface area contributed by atoms with E-state index in [4.69, 9.17) is 6.57 Å². The average molecular weight is 457 g/mol. The SMILES string of the molecule is [C-]#[N+]/N=C(/NCC1CCCCC1)Nc1cccc(C2CCCN(c3ncnc4[nH]ccc34)C2)c1. The van der Waals surface area contributed by atoms with Crippen LogP contribution in [0.5, 0.6) is 0 Å². The minimum atomic E-state index is 0.413. The summed E-state index contributed by atoms with van der Waals surface area (Å²) < 4.78 is 0. The minimum absolute atomic E-state index is 0.413. The molecule has 1 aliphatic heterocycles. The molecule has 2 fully saturated rings. The first-order chi connectivity index (χ1) is 16.8. The van der Waals surface area contributed by atoms with Gasteiger partial charge in [0.25, 0.3) is 5.96 Å². The van der Waals surface area contributed by atoms with Gasteiger partial charge < -0.3 is 20.5 Å². The topological polar surface area (TPSA) is 85.6 Å². The molecule has 3 aromatic rings. The van der Waals surface area contributed by atoms with Crippen molar-refractivity contribution in [2.75, 3.05) is 29.9 Å². The number of aromatic amines is 1. The molecule has 1 saturated heterocycles. The normalized spacial score (nSPS) is 19.7. The number of aromatic nitrogens is 3. The Morgan fingerprint density at radius 3 is 2.94 bits per heavy atom. The monoisotopic (exact) mass is 456 g/mol. The summed E-state index contributed by atoms with van der Waals surface area (Å²) in [5.74, 6) is 2.62. The van der Waals surface area contributed by atoms with E-state index >= 15 is 0 Å². The predicted molar refractivity (Wildman–Crippen MR) is 137 cm³/mol. The van der Waals surface area contributed by atoms with Gasteiger partial charge >= 0.3 is 0 Å². The molecule has 1 atom stereocenters. The van der Waals surface area contributed by atoms with Crippen molar-refractivity contribution in [3.8, 4) is 0 Å². The quantitative estimate of drug-likeness (QED) is 0.215. The molecule has 1 unspecified atom stereocenters. The number of nitrogens with one attached hydrogen (secondary N) is 3. The smallest absolute Gasteiger partial charge is 0.282 e. The summed E-state index contributed by atoms with van der Waals surface area (Å²) in [6.45, 7) is 10.00. The Balaban J connectivity index is 1.27. The average Bonchev–Trinajstić information content (AvgIpc) is 3.38. The van der Waals surface area contributed by atoms with E-state index in [2.05, 4.69) is 64.8 Å². The molecule has 0 spiro atoms. The maximum Gasteiger partial charge on any atom is 0.282 e. The van der Waals surface area contributed by atoms with E-state index in [9.17, 15) is 0 Å². The fraction of sp³-hybridized carbons (Fsp3) is 0.462. The van der Waals surface area contributed by atoms with Gasteiger partial charge in [-0.05, 0) is 55.4 Å². The zero-order chi connectivity index (χ0) is 23.2. The van der Waals surface area contributed by atoms with Crippen LogP contribution in [-0.2, 0) is 0 Å². The van der Waals surface area contributed by atoms with Gasteiger partial charge in [0, 0.05) is 37.4 Å². The largest absolute Gasteiger partial charge is 0.355 e. The van der Waals surface area contributed by atoms with Crippen molar-refractivity contribution in [2.24, 2.45) is 11.0 Å². The van der Waals surface area contributed by atoms with Crippen molar-refractivity contribution < 1.29 is 0 Å². The van der Waals surface area contributed by atoms with Crippen LogP contribution in [0.4, 0.5) is 11.5 Å². The summed E-state index contributed by atoms with van der Waals surface area (Å²) in [5.41, 5.74) is 3.14. The highest BCUT2D eigenvalue weighted by Gasteiger charge is 2.24. The molecule has 1 saturated carbocycles. The van der Waals surface area contributed by atoms with Gasteiger partial charge in [-0.25, -0.2) is 9.97 Å². The van der Waals surface area contributed by atoms with Crippen LogP contribution in [0.3, 0.4) is 0 Å². The second-order valence-corrected chi connectivity index (χ2v) is 9.41. The van der Waals surface area contributed by atoms with Crippen LogP contribution in [0.1, 0.15) is 56.4 Å². The number of rotatable bonds is 5. The standard InChI is InChI=1S/C26H32N8/c1-27-33-26(29-16-19-7-3-2-4-8-19)32-22-11-5-9-20(15-22)21-10-6-14-34(17-21)25-23-12-13-28-24(23)30-18-31-25/h5,9,11-13,15,18-19,21H,2-4,6-8,10,14,16-17H2,(H,28,30,31)(H2,29,32,33). The maximum absolute atomic E-state index is 7.21. The molecule has 3 N–H and O–H groups in total. The fourth-order valence-electron chi connectivity index (χ4n) is 5.35. The second-order valence-electron chi connectivity index (χ2n) is 9.41. The van der Waals surface area contributed by atoms with Crippen molar-refractivity contribution in [1.29, 1.82) is 0 Å². The Morgan fingerprint density at radius 2 is 2.06 bits per heavy atom. The molecule has 34 heavy (non-hydrogen) atoms. The van der Waals surface area contributed by atoms with Gasteiger partial charge in [0.2, 0.25) is 0 Å². The Hall–Kier alpha value is -3.60.